The Morgan fingerprint density at radius 3 is 2.56 bits per heavy atom. The maximum Gasteiger partial charge on any atom is 0.329 e. The molecule has 2 saturated heterocycles. The lowest BCUT2D eigenvalue weighted by molar-refractivity contribution is -0.156. The zero-order valence-corrected chi connectivity index (χ0v) is 14.7. The van der Waals surface area contributed by atoms with Gasteiger partial charge in [-0.05, 0) is 19.3 Å². The molecule has 2 bridgehead atoms. The van der Waals surface area contributed by atoms with Gasteiger partial charge in [0.15, 0.2) is 6.04 Å². The number of nitrogens with zero attached hydrogens (tertiary/aromatic N) is 1. The largest absolute Gasteiger partial charge is 0.480 e. The first-order valence-electron chi connectivity index (χ1n) is 8.34. The van der Waals surface area contributed by atoms with Crippen molar-refractivity contribution in [3.63, 3.8) is 0 Å². The monoisotopic (exact) mass is 355 g/mol. The third kappa shape index (κ3) is 3.76. The standard InChI is InChI=1S/C16H25N3O6/c1-9(20)18-13(15(23)24)16-6-4-10(25-16)8-11(16)14(22)19(3)7-5-12(21)17-2/h10-11,13H,4-8H2,1-3H3,(H,17,21)(H,18,20)(H,23,24). The molecule has 0 spiro atoms. The van der Waals surface area contributed by atoms with Crippen LogP contribution in [0.1, 0.15) is 32.6 Å². The number of carboxylic acid groups (broad SMARTS) is 1. The van der Waals surface area contributed by atoms with Gasteiger partial charge in [0.1, 0.15) is 5.60 Å². The Hall–Kier alpha value is -2.16. The van der Waals surface area contributed by atoms with Crippen LogP contribution in [0.5, 0.6) is 0 Å². The molecule has 0 saturated carbocycles. The van der Waals surface area contributed by atoms with Gasteiger partial charge in [0, 0.05) is 34.0 Å². The molecule has 0 aromatic carbocycles. The second-order valence-corrected chi connectivity index (χ2v) is 6.68. The van der Waals surface area contributed by atoms with E-state index in [2.05, 4.69) is 10.6 Å². The van der Waals surface area contributed by atoms with Crippen LogP contribution >= 0.6 is 0 Å². The number of fused-ring (bicyclic) bond motifs is 2. The lowest BCUT2D eigenvalue weighted by Crippen LogP contribution is -2.61. The number of amides is 3. The van der Waals surface area contributed by atoms with Crippen molar-refractivity contribution in [1.29, 1.82) is 0 Å². The van der Waals surface area contributed by atoms with Gasteiger partial charge in [0.25, 0.3) is 0 Å². The van der Waals surface area contributed by atoms with Crippen molar-refractivity contribution in [2.45, 2.75) is 50.4 Å². The number of carboxylic acids is 1. The molecule has 140 valence electrons. The van der Waals surface area contributed by atoms with Crippen LogP contribution < -0.4 is 10.6 Å². The van der Waals surface area contributed by atoms with Gasteiger partial charge < -0.3 is 25.4 Å². The summed E-state index contributed by atoms with van der Waals surface area (Å²) in [6.45, 7) is 1.47. The van der Waals surface area contributed by atoms with E-state index in [0.29, 0.717) is 19.3 Å². The topological polar surface area (TPSA) is 125 Å². The number of hydrogen-bond acceptors (Lipinski definition) is 5. The summed E-state index contributed by atoms with van der Waals surface area (Å²) in [5.41, 5.74) is -1.24. The van der Waals surface area contributed by atoms with E-state index in [-0.39, 0.29) is 30.9 Å². The lowest BCUT2D eigenvalue weighted by Gasteiger charge is -2.38. The van der Waals surface area contributed by atoms with Gasteiger partial charge in [-0.1, -0.05) is 0 Å². The second-order valence-electron chi connectivity index (χ2n) is 6.68. The summed E-state index contributed by atoms with van der Waals surface area (Å²) >= 11 is 0. The molecule has 0 aliphatic carbocycles. The van der Waals surface area contributed by atoms with Crippen LogP contribution in [0, 0.1) is 5.92 Å². The molecule has 3 N–H and O–H groups in total. The third-order valence-electron chi connectivity index (χ3n) is 5.04. The molecule has 2 aliphatic rings. The van der Waals surface area contributed by atoms with Crippen molar-refractivity contribution in [2.24, 2.45) is 5.92 Å². The predicted octanol–water partition coefficient (Wildman–Crippen LogP) is -0.892. The molecule has 25 heavy (non-hydrogen) atoms. The number of rotatable bonds is 7. The van der Waals surface area contributed by atoms with E-state index in [9.17, 15) is 24.3 Å². The van der Waals surface area contributed by atoms with Crippen molar-refractivity contribution in [1.82, 2.24) is 15.5 Å². The first kappa shape index (κ1) is 19.2. The minimum atomic E-state index is -1.28. The summed E-state index contributed by atoms with van der Waals surface area (Å²) in [5, 5.41) is 14.5. The van der Waals surface area contributed by atoms with E-state index < -0.39 is 29.4 Å². The first-order chi connectivity index (χ1) is 11.7. The van der Waals surface area contributed by atoms with Crippen molar-refractivity contribution in [3.05, 3.63) is 0 Å². The molecule has 9 heteroatoms. The van der Waals surface area contributed by atoms with E-state index >= 15 is 0 Å². The Kier molecular flexibility index (Phi) is 5.66. The molecule has 2 rings (SSSR count). The van der Waals surface area contributed by atoms with Crippen molar-refractivity contribution in [3.8, 4) is 0 Å². The fourth-order valence-corrected chi connectivity index (χ4v) is 3.79. The molecular weight excluding hydrogens is 330 g/mol. The minimum Gasteiger partial charge on any atom is -0.480 e. The summed E-state index contributed by atoms with van der Waals surface area (Å²) in [4.78, 5) is 48.8. The molecule has 0 aromatic heterocycles. The highest BCUT2D eigenvalue weighted by Crippen LogP contribution is 2.50. The molecule has 0 aromatic rings. The Balaban J connectivity index is 2.18. The Labute approximate surface area is 146 Å². The van der Waals surface area contributed by atoms with Crippen molar-refractivity contribution in [2.75, 3.05) is 20.6 Å². The van der Waals surface area contributed by atoms with Gasteiger partial charge in [0.05, 0.1) is 12.0 Å². The molecule has 4 atom stereocenters. The molecule has 9 nitrogen and oxygen atoms in total. The Morgan fingerprint density at radius 1 is 1.36 bits per heavy atom. The van der Waals surface area contributed by atoms with Gasteiger partial charge in [-0.15, -0.1) is 0 Å². The molecule has 3 amide bonds. The van der Waals surface area contributed by atoms with E-state index in [0.717, 1.165) is 0 Å². The fourth-order valence-electron chi connectivity index (χ4n) is 3.79. The second kappa shape index (κ2) is 7.38. The van der Waals surface area contributed by atoms with Crippen molar-refractivity contribution >= 4 is 23.7 Å². The zero-order valence-electron chi connectivity index (χ0n) is 14.7. The third-order valence-corrected chi connectivity index (χ3v) is 5.04. The van der Waals surface area contributed by atoms with Crippen LogP contribution in [0.15, 0.2) is 0 Å². The van der Waals surface area contributed by atoms with Gasteiger partial charge >= 0.3 is 5.97 Å². The fraction of sp³-hybridized carbons (Fsp3) is 0.750. The van der Waals surface area contributed by atoms with Crippen molar-refractivity contribution < 1.29 is 29.0 Å². The first-order valence-corrected chi connectivity index (χ1v) is 8.34. The smallest absolute Gasteiger partial charge is 0.329 e. The van der Waals surface area contributed by atoms with E-state index in [1.165, 1.54) is 18.9 Å². The van der Waals surface area contributed by atoms with Crippen LogP contribution in [-0.4, -0.2) is 72.1 Å². The molecule has 0 radical (unpaired) electrons. The minimum absolute atomic E-state index is 0.163. The Morgan fingerprint density at radius 2 is 2.04 bits per heavy atom. The predicted molar refractivity (Wildman–Crippen MR) is 86.5 cm³/mol. The average molecular weight is 355 g/mol. The summed E-state index contributed by atoms with van der Waals surface area (Å²) in [6.07, 6.45) is 1.46. The maximum atomic E-state index is 12.9. The number of aliphatic carboxylic acids is 1. The SMILES string of the molecule is CNC(=O)CCN(C)C(=O)C1CC2CCC1(C(NC(C)=O)C(=O)O)O2. The van der Waals surface area contributed by atoms with Crippen LogP contribution in [0.2, 0.25) is 0 Å². The summed E-state index contributed by atoms with van der Waals surface area (Å²) < 4.78 is 5.89. The van der Waals surface area contributed by atoms with Gasteiger partial charge in [0.2, 0.25) is 17.7 Å². The van der Waals surface area contributed by atoms with Gasteiger partial charge in [-0.3, -0.25) is 14.4 Å². The van der Waals surface area contributed by atoms with E-state index in [1.807, 2.05) is 0 Å². The number of nitrogens with one attached hydrogen (secondary N) is 2. The van der Waals surface area contributed by atoms with E-state index in [1.54, 1.807) is 7.05 Å². The number of hydrogen-bond donors (Lipinski definition) is 3. The highest BCUT2D eigenvalue weighted by molar-refractivity contribution is 5.87. The summed E-state index contributed by atoms with van der Waals surface area (Å²) in [6, 6.07) is -1.28. The molecule has 4 unspecified atom stereocenters. The molecule has 2 aliphatic heterocycles. The van der Waals surface area contributed by atoms with Crippen LogP contribution in [0.25, 0.3) is 0 Å². The zero-order chi connectivity index (χ0) is 18.8. The molecular formula is C16H25N3O6. The van der Waals surface area contributed by atoms with E-state index in [4.69, 9.17) is 4.74 Å². The number of carbonyl (C=O) groups excluding carboxylic acids is 3. The number of ether oxygens (including phenoxy) is 1. The van der Waals surface area contributed by atoms with Crippen LogP contribution in [0.3, 0.4) is 0 Å². The molecule has 2 heterocycles. The summed E-state index contributed by atoms with van der Waals surface area (Å²) in [7, 11) is 3.10. The van der Waals surface area contributed by atoms with Crippen LogP contribution in [-0.2, 0) is 23.9 Å². The van der Waals surface area contributed by atoms with Crippen LogP contribution in [0.4, 0.5) is 0 Å². The normalized spacial score (nSPS) is 28.3. The highest BCUT2D eigenvalue weighted by Gasteiger charge is 2.63. The lowest BCUT2D eigenvalue weighted by atomic mass is 9.73. The quantitative estimate of drug-likeness (QED) is 0.544. The maximum absolute atomic E-state index is 12.9. The average Bonchev–Trinajstić information content (AvgIpc) is 3.15. The molecule has 2 fully saturated rings. The summed E-state index contributed by atoms with van der Waals surface area (Å²) in [5.74, 6) is -2.81. The van der Waals surface area contributed by atoms with Gasteiger partial charge in [-0.25, -0.2) is 4.79 Å². The van der Waals surface area contributed by atoms with Gasteiger partial charge in [-0.2, -0.15) is 0 Å². The number of carbonyl (C=O) groups is 4. The highest BCUT2D eigenvalue weighted by atomic mass is 16.5. The Bertz CT molecular complexity index is 580.